The molecule has 172 valence electrons. The summed E-state index contributed by atoms with van der Waals surface area (Å²) in [5.74, 6) is -4.93. The van der Waals surface area contributed by atoms with E-state index in [1.54, 1.807) is 17.8 Å². The molecule has 32 heavy (non-hydrogen) atoms. The van der Waals surface area contributed by atoms with Crippen molar-refractivity contribution in [3.8, 4) is 11.1 Å². The number of hydrogen-bond donors (Lipinski definition) is 0. The summed E-state index contributed by atoms with van der Waals surface area (Å²) in [6.07, 6.45) is 0.307. The van der Waals surface area contributed by atoms with Gasteiger partial charge >= 0.3 is 12.1 Å². The van der Waals surface area contributed by atoms with Gasteiger partial charge in [-0.1, -0.05) is 49.6 Å². The first-order valence-corrected chi connectivity index (χ1v) is 12.0. The minimum Gasteiger partial charge on any atom is -0.286 e. The van der Waals surface area contributed by atoms with E-state index in [4.69, 9.17) is 0 Å². The van der Waals surface area contributed by atoms with Crippen LogP contribution < -0.4 is 0 Å². The third kappa shape index (κ3) is 4.51. The molecule has 1 atom stereocenters. The Labute approximate surface area is 188 Å². The molecule has 0 radical (unpaired) electrons. The molecule has 2 aromatic carbocycles. The summed E-state index contributed by atoms with van der Waals surface area (Å²) in [4.78, 5) is 1.12. The third-order valence-electron chi connectivity index (χ3n) is 6.30. The fourth-order valence-electron chi connectivity index (χ4n) is 4.54. The summed E-state index contributed by atoms with van der Waals surface area (Å²) < 4.78 is 67.6. The highest BCUT2D eigenvalue weighted by Crippen LogP contribution is 2.45. The lowest BCUT2D eigenvalue weighted by atomic mass is 9.91. The van der Waals surface area contributed by atoms with Crippen molar-refractivity contribution in [1.82, 2.24) is 5.01 Å². The van der Waals surface area contributed by atoms with E-state index in [-0.39, 0.29) is 6.04 Å². The topological polar surface area (TPSA) is 15.6 Å². The number of hydrogen-bond acceptors (Lipinski definition) is 3. The van der Waals surface area contributed by atoms with Gasteiger partial charge in [0.05, 0.1) is 6.04 Å². The minimum atomic E-state index is -5.65. The van der Waals surface area contributed by atoms with Gasteiger partial charge in [0.15, 0.2) is 0 Å². The Kier molecular flexibility index (Phi) is 6.52. The van der Waals surface area contributed by atoms with Gasteiger partial charge in [-0.15, -0.1) is 11.8 Å². The summed E-state index contributed by atoms with van der Waals surface area (Å²) in [5, 5.41) is 5.44. The van der Waals surface area contributed by atoms with Gasteiger partial charge < -0.3 is 0 Å². The minimum absolute atomic E-state index is 0.125. The van der Waals surface area contributed by atoms with E-state index in [0.717, 1.165) is 48.1 Å². The fourth-order valence-corrected chi connectivity index (χ4v) is 4.95. The zero-order valence-electron chi connectivity index (χ0n) is 17.7. The Bertz CT molecular complexity index is 965. The van der Waals surface area contributed by atoms with E-state index in [0.29, 0.717) is 5.56 Å². The molecular weight excluding hydrogens is 443 g/mol. The van der Waals surface area contributed by atoms with E-state index >= 15 is 0 Å². The average molecular weight is 469 g/mol. The van der Waals surface area contributed by atoms with Gasteiger partial charge in [0, 0.05) is 17.4 Å². The summed E-state index contributed by atoms with van der Waals surface area (Å²) in [6, 6.07) is 14.6. The van der Waals surface area contributed by atoms with Crippen LogP contribution in [0.2, 0.25) is 0 Å². The number of benzene rings is 2. The zero-order valence-corrected chi connectivity index (χ0v) is 18.5. The highest BCUT2D eigenvalue weighted by atomic mass is 32.2. The lowest BCUT2D eigenvalue weighted by Gasteiger charge is -2.34. The fraction of sp³-hybridized carbons (Fsp3) is 0.458. The van der Waals surface area contributed by atoms with Crippen molar-refractivity contribution in [1.29, 1.82) is 0 Å². The third-order valence-corrected chi connectivity index (χ3v) is 7.05. The van der Waals surface area contributed by atoms with Crippen LogP contribution in [-0.4, -0.2) is 35.1 Å². The summed E-state index contributed by atoms with van der Waals surface area (Å²) >= 11 is 1.63. The Morgan fingerprint density at radius 1 is 0.906 bits per heavy atom. The van der Waals surface area contributed by atoms with Crippen molar-refractivity contribution in [3.63, 3.8) is 0 Å². The van der Waals surface area contributed by atoms with Gasteiger partial charge in [0.2, 0.25) is 0 Å². The van der Waals surface area contributed by atoms with Crippen LogP contribution in [0.4, 0.5) is 22.0 Å². The molecule has 0 spiro atoms. The number of hydrazone groups is 1. The summed E-state index contributed by atoms with van der Waals surface area (Å²) in [6.45, 7) is 0. The van der Waals surface area contributed by atoms with Crippen LogP contribution in [0.5, 0.6) is 0 Å². The Morgan fingerprint density at radius 3 is 2.22 bits per heavy atom. The number of thioether (sulfide) groups is 1. The first-order valence-electron chi connectivity index (χ1n) is 10.8. The molecule has 0 bridgehead atoms. The molecule has 0 amide bonds. The Morgan fingerprint density at radius 2 is 1.59 bits per heavy atom. The van der Waals surface area contributed by atoms with Crippen LogP contribution >= 0.6 is 11.8 Å². The molecule has 2 nitrogen and oxygen atoms in total. The monoisotopic (exact) mass is 468 g/mol. The van der Waals surface area contributed by atoms with Gasteiger partial charge in [-0.2, -0.15) is 27.1 Å². The zero-order chi connectivity index (χ0) is 22.9. The molecule has 1 unspecified atom stereocenters. The number of halogens is 5. The van der Waals surface area contributed by atoms with Crippen molar-refractivity contribution in [2.45, 2.75) is 67.6 Å². The first-order chi connectivity index (χ1) is 15.2. The predicted molar refractivity (Wildman–Crippen MR) is 118 cm³/mol. The molecule has 1 aliphatic carbocycles. The van der Waals surface area contributed by atoms with E-state index in [1.165, 1.54) is 5.01 Å². The van der Waals surface area contributed by atoms with Crippen LogP contribution in [-0.2, 0) is 0 Å². The van der Waals surface area contributed by atoms with Crippen molar-refractivity contribution in [2.24, 2.45) is 5.10 Å². The first kappa shape index (κ1) is 23.1. The maximum absolute atomic E-state index is 14.2. The van der Waals surface area contributed by atoms with Crippen LogP contribution in [0, 0.1) is 0 Å². The molecular formula is C24H25F5N2S. The molecule has 0 aromatic heterocycles. The van der Waals surface area contributed by atoms with Crippen LogP contribution in [0.15, 0.2) is 58.5 Å². The van der Waals surface area contributed by atoms with E-state index in [2.05, 4.69) is 5.10 Å². The second-order valence-corrected chi connectivity index (χ2v) is 9.24. The lowest BCUT2D eigenvalue weighted by Crippen LogP contribution is -2.43. The predicted octanol–water partition coefficient (Wildman–Crippen LogP) is 7.71. The maximum Gasteiger partial charge on any atom is 0.459 e. The second-order valence-electron chi connectivity index (χ2n) is 8.36. The summed E-state index contributed by atoms with van der Waals surface area (Å²) in [5.41, 5.74) is 1.48. The van der Waals surface area contributed by atoms with Crippen molar-refractivity contribution < 1.29 is 22.0 Å². The quantitative estimate of drug-likeness (QED) is 0.330. The molecule has 8 heteroatoms. The molecule has 1 aliphatic heterocycles. The molecule has 1 saturated carbocycles. The SMILES string of the molecule is CSc1ccc(-c2cccc(C3CC(C(F)(F)C(F)(F)F)=NN3C3CCCCC3)c2)cc1. The molecule has 4 rings (SSSR count). The van der Waals surface area contributed by atoms with Crippen molar-refractivity contribution >= 4 is 17.5 Å². The number of nitrogens with zero attached hydrogens (tertiary/aromatic N) is 2. The van der Waals surface area contributed by atoms with Gasteiger partial charge in [-0.3, -0.25) is 5.01 Å². The maximum atomic E-state index is 14.2. The van der Waals surface area contributed by atoms with Crippen molar-refractivity contribution in [2.75, 3.05) is 6.26 Å². The van der Waals surface area contributed by atoms with E-state index < -0.39 is 30.3 Å². The van der Waals surface area contributed by atoms with Crippen molar-refractivity contribution in [3.05, 3.63) is 54.1 Å². The summed E-state index contributed by atoms with van der Waals surface area (Å²) in [7, 11) is 0. The molecule has 1 fully saturated rings. The largest absolute Gasteiger partial charge is 0.459 e. The molecule has 0 saturated heterocycles. The number of rotatable bonds is 5. The smallest absolute Gasteiger partial charge is 0.286 e. The van der Waals surface area contributed by atoms with Gasteiger partial charge in [0.25, 0.3) is 0 Å². The Balaban J connectivity index is 1.67. The number of alkyl halides is 5. The van der Waals surface area contributed by atoms with Gasteiger partial charge in [-0.05, 0) is 54.0 Å². The standard InChI is InChI=1S/C24H25F5N2S/c1-32-20-12-10-16(11-13-20)17-6-5-7-18(14-17)21-15-22(23(25,26)24(27,28)29)30-31(21)19-8-3-2-4-9-19/h5-7,10-14,19,21H,2-4,8-9,15H2,1H3. The highest BCUT2D eigenvalue weighted by Gasteiger charge is 2.63. The lowest BCUT2D eigenvalue weighted by molar-refractivity contribution is -0.249. The molecule has 2 aromatic rings. The normalized spacial score (nSPS) is 20.5. The Hall–Kier alpha value is -2.09. The van der Waals surface area contributed by atoms with Gasteiger partial charge in [0.1, 0.15) is 5.71 Å². The van der Waals surface area contributed by atoms with Crippen LogP contribution in [0.1, 0.15) is 50.1 Å². The second kappa shape index (κ2) is 9.04. The van der Waals surface area contributed by atoms with Crippen LogP contribution in [0.3, 0.4) is 0 Å². The van der Waals surface area contributed by atoms with E-state index in [1.807, 2.05) is 48.7 Å². The highest BCUT2D eigenvalue weighted by molar-refractivity contribution is 7.98. The molecule has 1 heterocycles. The molecule has 0 N–H and O–H groups in total. The van der Waals surface area contributed by atoms with Gasteiger partial charge in [-0.25, -0.2) is 0 Å². The van der Waals surface area contributed by atoms with Crippen LogP contribution in [0.25, 0.3) is 11.1 Å². The molecule has 2 aliphatic rings. The average Bonchev–Trinajstić information content (AvgIpc) is 3.25. The van der Waals surface area contributed by atoms with E-state index in [9.17, 15) is 22.0 Å².